The largest absolute Gasteiger partial charge is 0.428 e. The van der Waals surface area contributed by atoms with E-state index in [2.05, 4.69) is 4.98 Å². The minimum absolute atomic E-state index is 0.246. The molecule has 1 atom stereocenters. The highest BCUT2D eigenvalue weighted by atomic mass is 16.4. The monoisotopic (exact) mass is 181 g/mol. The molecule has 1 heterocycles. The van der Waals surface area contributed by atoms with Gasteiger partial charge in [0.15, 0.2) is 0 Å². The van der Waals surface area contributed by atoms with Gasteiger partial charge >= 0.3 is 0 Å². The van der Waals surface area contributed by atoms with Crippen molar-refractivity contribution in [3.63, 3.8) is 0 Å². The van der Waals surface area contributed by atoms with Crippen LogP contribution in [0.2, 0.25) is 0 Å². The van der Waals surface area contributed by atoms with Crippen LogP contribution in [0.5, 0.6) is 0 Å². The summed E-state index contributed by atoms with van der Waals surface area (Å²) < 4.78 is 5.57. The van der Waals surface area contributed by atoms with Gasteiger partial charge in [0.25, 0.3) is 6.01 Å². The van der Waals surface area contributed by atoms with Crippen LogP contribution < -0.4 is 10.6 Å². The molecule has 0 bridgehead atoms. The van der Waals surface area contributed by atoms with Crippen molar-refractivity contribution in [2.24, 2.45) is 5.73 Å². The van der Waals surface area contributed by atoms with E-state index in [1.807, 2.05) is 19.0 Å². The maximum Gasteiger partial charge on any atom is 0.297 e. The van der Waals surface area contributed by atoms with E-state index in [-0.39, 0.29) is 6.04 Å². The third-order valence-electron chi connectivity index (χ3n) is 2.35. The number of fused-ring (bicyclic) bond motifs is 1. The summed E-state index contributed by atoms with van der Waals surface area (Å²) in [5.74, 6) is 0.974. The number of anilines is 1. The lowest BCUT2D eigenvalue weighted by molar-refractivity contribution is 0.451. The summed E-state index contributed by atoms with van der Waals surface area (Å²) >= 11 is 0. The Morgan fingerprint density at radius 3 is 3.00 bits per heavy atom. The molecule has 0 fully saturated rings. The van der Waals surface area contributed by atoms with Gasteiger partial charge in [-0.1, -0.05) is 0 Å². The molecule has 0 saturated carbocycles. The van der Waals surface area contributed by atoms with Crippen LogP contribution in [0.15, 0.2) is 4.42 Å². The fourth-order valence-corrected chi connectivity index (χ4v) is 1.58. The normalized spacial score (nSPS) is 21.3. The predicted octanol–water partition coefficient (Wildman–Crippen LogP) is 0.557. The number of aromatic nitrogens is 1. The Morgan fingerprint density at radius 1 is 1.54 bits per heavy atom. The van der Waals surface area contributed by atoms with Gasteiger partial charge in [-0.05, 0) is 12.8 Å². The lowest BCUT2D eigenvalue weighted by atomic mass is 9.98. The van der Waals surface area contributed by atoms with Gasteiger partial charge in [-0.2, -0.15) is 4.98 Å². The molecule has 0 aliphatic heterocycles. The van der Waals surface area contributed by atoms with Gasteiger partial charge in [0.05, 0.1) is 5.69 Å². The third kappa shape index (κ3) is 1.54. The molecule has 13 heavy (non-hydrogen) atoms. The first-order chi connectivity index (χ1) is 6.16. The van der Waals surface area contributed by atoms with E-state index in [4.69, 9.17) is 10.2 Å². The molecule has 0 radical (unpaired) electrons. The second-order valence-corrected chi connectivity index (χ2v) is 3.76. The van der Waals surface area contributed by atoms with Crippen LogP contribution in [0.4, 0.5) is 6.01 Å². The van der Waals surface area contributed by atoms with E-state index in [1.54, 1.807) is 0 Å². The summed E-state index contributed by atoms with van der Waals surface area (Å²) in [6.07, 6.45) is 2.80. The van der Waals surface area contributed by atoms with Gasteiger partial charge in [0.1, 0.15) is 5.76 Å². The van der Waals surface area contributed by atoms with Crippen molar-refractivity contribution in [3.8, 4) is 0 Å². The Morgan fingerprint density at radius 2 is 2.31 bits per heavy atom. The molecule has 2 rings (SSSR count). The molecule has 1 aromatic heterocycles. The minimum atomic E-state index is 0.246. The molecule has 2 N–H and O–H groups in total. The molecule has 0 aromatic carbocycles. The first kappa shape index (κ1) is 8.56. The second kappa shape index (κ2) is 3.03. The van der Waals surface area contributed by atoms with Crippen molar-refractivity contribution in [2.75, 3.05) is 19.0 Å². The van der Waals surface area contributed by atoms with Gasteiger partial charge in [0, 0.05) is 26.6 Å². The summed E-state index contributed by atoms with van der Waals surface area (Å²) in [6, 6.07) is 0.939. The molecule has 1 aromatic rings. The number of nitrogens with two attached hydrogens (primary N) is 1. The fourth-order valence-electron chi connectivity index (χ4n) is 1.58. The van der Waals surface area contributed by atoms with Crippen molar-refractivity contribution in [3.05, 3.63) is 11.5 Å². The summed E-state index contributed by atoms with van der Waals surface area (Å²) in [5, 5.41) is 0. The van der Waals surface area contributed by atoms with Crippen LogP contribution in [-0.2, 0) is 12.8 Å². The van der Waals surface area contributed by atoms with Crippen LogP contribution in [0, 0.1) is 0 Å². The van der Waals surface area contributed by atoms with E-state index in [9.17, 15) is 0 Å². The average molecular weight is 181 g/mol. The quantitative estimate of drug-likeness (QED) is 0.687. The SMILES string of the molecule is CN(C)c1nc2c(o1)CC(N)CC2. The highest BCUT2D eigenvalue weighted by Gasteiger charge is 2.21. The van der Waals surface area contributed by atoms with Gasteiger partial charge in [-0.15, -0.1) is 0 Å². The molecule has 1 aliphatic rings. The zero-order valence-electron chi connectivity index (χ0n) is 8.08. The molecule has 0 spiro atoms. The molecule has 72 valence electrons. The molecule has 4 heteroatoms. The number of oxazole rings is 1. The van der Waals surface area contributed by atoms with Crippen molar-refractivity contribution >= 4 is 6.01 Å². The van der Waals surface area contributed by atoms with Crippen molar-refractivity contribution in [1.82, 2.24) is 4.98 Å². The van der Waals surface area contributed by atoms with Gasteiger partial charge in [-0.25, -0.2) is 0 Å². The number of hydrogen-bond acceptors (Lipinski definition) is 4. The van der Waals surface area contributed by atoms with Crippen LogP contribution in [-0.4, -0.2) is 25.1 Å². The molecular formula is C9H15N3O. The molecule has 0 saturated heterocycles. The van der Waals surface area contributed by atoms with Gasteiger partial charge in [-0.3, -0.25) is 0 Å². The number of aryl methyl sites for hydroxylation is 1. The average Bonchev–Trinajstić information content (AvgIpc) is 2.46. The highest BCUT2D eigenvalue weighted by molar-refractivity contribution is 5.29. The standard InChI is InChI=1S/C9H15N3O/c1-12(2)9-11-7-4-3-6(10)5-8(7)13-9/h6H,3-5,10H2,1-2H3. The smallest absolute Gasteiger partial charge is 0.297 e. The Balaban J connectivity index is 2.28. The van der Waals surface area contributed by atoms with Gasteiger partial charge < -0.3 is 15.1 Å². The lowest BCUT2D eigenvalue weighted by Crippen LogP contribution is -2.27. The number of rotatable bonds is 1. The van der Waals surface area contributed by atoms with E-state index in [0.29, 0.717) is 6.01 Å². The minimum Gasteiger partial charge on any atom is -0.428 e. The van der Waals surface area contributed by atoms with Crippen LogP contribution in [0.25, 0.3) is 0 Å². The second-order valence-electron chi connectivity index (χ2n) is 3.76. The number of hydrogen-bond donors (Lipinski definition) is 1. The highest BCUT2D eigenvalue weighted by Crippen LogP contribution is 2.24. The fraction of sp³-hybridized carbons (Fsp3) is 0.667. The van der Waals surface area contributed by atoms with Crippen molar-refractivity contribution < 1.29 is 4.42 Å². The maximum atomic E-state index is 5.83. The molecule has 1 unspecified atom stereocenters. The Kier molecular flexibility index (Phi) is 2.00. The van der Waals surface area contributed by atoms with E-state index < -0.39 is 0 Å². The number of nitrogens with zero attached hydrogens (tertiary/aromatic N) is 2. The summed E-state index contributed by atoms with van der Waals surface area (Å²) in [5.41, 5.74) is 6.92. The Labute approximate surface area is 77.7 Å². The topological polar surface area (TPSA) is 55.3 Å². The van der Waals surface area contributed by atoms with Crippen LogP contribution in [0.3, 0.4) is 0 Å². The molecule has 0 amide bonds. The zero-order chi connectivity index (χ0) is 9.42. The van der Waals surface area contributed by atoms with E-state index in [1.165, 1.54) is 0 Å². The van der Waals surface area contributed by atoms with Crippen LogP contribution in [0.1, 0.15) is 17.9 Å². The zero-order valence-corrected chi connectivity index (χ0v) is 8.08. The first-order valence-corrected chi connectivity index (χ1v) is 4.58. The molecule has 4 nitrogen and oxygen atoms in total. The maximum absolute atomic E-state index is 5.83. The Hall–Kier alpha value is -1.03. The first-order valence-electron chi connectivity index (χ1n) is 4.58. The molecular weight excluding hydrogens is 166 g/mol. The van der Waals surface area contributed by atoms with Crippen molar-refractivity contribution in [2.45, 2.75) is 25.3 Å². The third-order valence-corrected chi connectivity index (χ3v) is 2.35. The Bertz CT molecular complexity index is 306. The predicted molar refractivity (Wildman–Crippen MR) is 50.8 cm³/mol. The lowest BCUT2D eigenvalue weighted by Gasteiger charge is -2.14. The summed E-state index contributed by atoms with van der Waals surface area (Å²) in [6.45, 7) is 0. The van der Waals surface area contributed by atoms with Gasteiger partial charge in [0.2, 0.25) is 0 Å². The van der Waals surface area contributed by atoms with Crippen molar-refractivity contribution in [1.29, 1.82) is 0 Å². The van der Waals surface area contributed by atoms with E-state index in [0.717, 1.165) is 30.7 Å². The summed E-state index contributed by atoms with van der Waals surface area (Å²) in [7, 11) is 3.86. The van der Waals surface area contributed by atoms with E-state index >= 15 is 0 Å². The molecule has 1 aliphatic carbocycles. The summed E-state index contributed by atoms with van der Waals surface area (Å²) in [4.78, 5) is 6.27. The van der Waals surface area contributed by atoms with Crippen LogP contribution >= 0.6 is 0 Å².